The second-order valence-corrected chi connectivity index (χ2v) is 8.74. The third-order valence-corrected chi connectivity index (χ3v) is 5.83. The van der Waals surface area contributed by atoms with Gasteiger partial charge in [0.25, 0.3) is 0 Å². The zero-order valence-electron chi connectivity index (χ0n) is 19.2. The van der Waals surface area contributed by atoms with E-state index in [0.29, 0.717) is 6.54 Å². The van der Waals surface area contributed by atoms with Crippen LogP contribution < -0.4 is 5.32 Å². The molecule has 1 aliphatic heterocycles. The van der Waals surface area contributed by atoms with Crippen molar-refractivity contribution in [2.75, 3.05) is 32.7 Å². The summed E-state index contributed by atoms with van der Waals surface area (Å²) in [5.41, 5.74) is 0.865. The Morgan fingerprint density at radius 1 is 1.19 bits per heavy atom. The number of nitrogens with one attached hydrogen (secondary N) is 1. The quantitative estimate of drug-likeness (QED) is 0.547. The van der Waals surface area contributed by atoms with Gasteiger partial charge < -0.3 is 9.73 Å². The van der Waals surface area contributed by atoms with Crippen LogP contribution in [0.2, 0.25) is 0 Å². The Bertz CT molecular complexity index is 987. The average Bonchev–Trinajstić information content (AvgIpc) is 3.40. The summed E-state index contributed by atoms with van der Waals surface area (Å²) in [4.78, 5) is 16.7. The normalized spacial score (nSPS) is 16.6. The van der Waals surface area contributed by atoms with Crippen LogP contribution in [-0.2, 0) is 11.3 Å². The SMILES string of the molecule is CCCCn1nnnc1C(c1cc2ccccc2o1)N1CCN(CC(=O)NC(C)C)CC1. The minimum atomic E-state index is -0.166. The number of benzene rings is 1. The molecule has 1 aromatic carbocycles. The van der Waals surface area contributed by atoms with Crippen molar-refractivity contribution in [1.29, 1.82) is 0 Å². The van der Waals surface area contributed by atoms with Crippen molar-refractivity contribution in [3.63, 3.8) is 0 Å². The van der Waals surface area contributed by atoms with Crippen LogP contribution in [0, 0.1) is 0 Å². The Balaban J connectivity index is 1.55. The van der Waals surface area contributed by atoms with E-state index in [4.69, 9.17) is 4.42 Å². The molecule has 2 aromatic heterocycles. The maximum Gasteiger partial charge on any atom is 0.234 e. The number of para-hydroxylation sites is 1. The van der Waals surface area contributed by atoms with E-state index in [9.17, 15) is 4.79 Å². The number of aryl methyl sites for hydroxylation is 1. The Hall–Kier alpha value is -2.78. The fourth-order valence-electron chi connectivity index (χ4n) is 4.23. The predicted molar refractivity (Wildman–Crippen MR) is 122 cm³/mol. The molecule has 1 aliphatic rings. The van der Waals surface area contributed by atoms with Crippen LogP contribution in [0.25, 0.3) is 11.0 Å². The fraction of sp³-hybridized carbons (Fsp3) is 0.565. The number of carbonyl (C=O) groups is 1. The van der Waals surface area contributed by atoms with Crippen molar-refractivity contribution in [1.82, 2.24) is 35.3 Å². The van der Waals surface area contributed by atoms with E-state index in [1.807, 2.05) is 36.7 Å². The van der Waals surface area contributed by atoms with Gasteiger partial charge in [0, 0.05) is 44.2 Å². The Kier molecular flexibility index (Phi) is 7.16. The Labute approximate surface area is 188 Å². The minimum Gasteiger partial charge on any atom is -0.459 e. The maximum atomic E-state index is 12.2. The number of rotatable bonds is 9. The highest BCUT2D eigenvalue weighted by Crippen LogP contribution is 2.32. The lowest BCUT2D eigenvalue weighted by atomic mass is 10.1. The summed E-state index contributed by atoms with van der Waals surface area (Å²) in [7, 11) is 0. The van der Waals surface area contributed by atoms with E-state index < -0.39 is 0 Å². The van der Waals surface area contributed by atoms with Crippen LogP contribution in [-0.4, -0.2) is 74.7 Å². The molecular weight excluding hydrogens is 406 g/mol. The van der Waals surface area contributed by atoms with Gasteiger partial charge in [0.2, 0.25) is 5.91 Å². The molecule has 3 aromatic rings. The molecule has 0 spiro atoms. The molecule has 3 heterocycles. The standard InChI is InChI=1S/C23H33N7O2/c1-4-5-10-30-23(25-26-27-30)22(20-15-18-8-6-7-9-19(18)32-20)29-13-11-28(12-14-29)16-21(31)24-17(2)3/h6-9,15,17,22H,4-5,10-14,16H2,1-3H3,(H,24,31). The number of hydrogen-bond donors (Lipinski definition) is 1. The zero-order chi connectivity index (χ0) is 22.5. The second kappa shape index (κ2) is 10.2. The first-order valence-corrected chi connectivity index (χ1v) is 11.6. The summed E-state index contributed by atoms with van der Waals surface area (Å²) in [6, 6.07) is 10.1. The maximum absolute atomic E-state index is 12.2. The lowest BCUT2D eigenvalue weighted by Gasteiger charge is -2.37. The molecule has 1 saturated heterocycles. The molecular formula is C23H33N7O2. The third-order valence-electron chi connectivity index (χ3n) is 5.83. The molecule has 9 nitrogen and oxygen atoms in total. The number of aromatic nitrogens is 4. The molecule has 0 radical (unpaired) electrons. The lowest BCUT2D eigenvalue weighted by molar-refractivity contribution is -0.123. The van der Waals surface area contributed by atoms with Gasteiger partial charge in [-0.2, -0.15) is 0 Å². The lowest BCUT2D eigenvalue weighted by Crippen LogP contribution is -2.51. The van der Waals surface area contributed by atoms with Gasteiger partial charge in [-0.3, -0.25) is 14.6 Å². The van der Waals surface area contributed by atoms with E-state index in [1.54, 1.807) is 0 Å². The molecule has 172 valence electrons. The number of unbranched alkanes of at least 4 members (excludes halogenated alkanes) is 1. The van der Waals surface area contributed by atoms with Crippen LogP contribution in [0.15, 0.2) is 34.7 Å². The molecule has 32 heavy (non-hydrogen) atoms. The number of hydrogen-bond acceptors (Lipinski definition) is 7. The first kappa shape index (κ1) is 22.4. The van der Waals surface area contributed by atoms with Crippen molar-refractivity contribution in [3.8, 4) is 0 Å². The molecule has 1 amide bonds. The highest BCUT2D eigenvalue weighted by atomic mass is 16.3. The Morgan fingerprint density at radius 2 is 1.97 bits per heavy atom. The number of tetrazole rings is 1. The van der Waals surface area contributed by atoms with Gasteiger partial charge in [-0.05, 0) is 42.8 Å². The number of piperazine rings is 1. The van der Waals surface area contributed by atoms with Gasteiger partial charge in [0.15, 0.2) is 5.82 Å². The minimum absolute atomic E-state index is 0.0748. The van der Waals surface area contributed by atoms with Crippen molar-refractivity contribution < 1.29 is 9.21 Å². The monoisotopic (exact) mass is 439 g/mol. The van der Waals surface area contributed by atoms with Crippen LogP contribution in [0.1, 0.15) is 51.2 Å². The van der Waals surface area contributed by atoms with E-state index >= 15 is 0 Å². The molecule has 1 fully saturated rings. The summed E-state index contributed by atoms with van der Waals surface area (Å²) in [6.45, 7) is 10.6. The van der Waals surface area contributed by atoms with Gasteiger partial charge in [-0.15, -0.1) is 5.10 Å². The molecule has 1 N–H and O–H groups in total. The van der Waals surface area contributed by atoms with Gasteiger partial charge in [-0.1, -0.05) is 31.5 Å². The fourth-order valence-corrected chi connectivity index (χ4v) is 4.23. The Morgan fingerprint density at radius 3 is 2.69 bits per heavy atom. The van der Waals surface area contributed by atoms with Gasteiger partial charge in [0.05, 0.1) is 6.54 Å². The zero-order valence-corrected chi connectivity index (χ0v) is 19.2. The average molecular weight is 440 g/mol. The summed E-state index contributed by atoms with van der Waals surface area (Å²) < 4.78 is 8.18. The largest absolute Gasteiger partial charge is 0.459 e. The molecule has 0 aliphatic carbocycles. The first-order valence-electron chi connectivity index (χ1n) is 11.6. The first-order chi connectivity index (χ1) is 15.5. The van der Waals surface area contributed by atoms with Crippen LogP contribution in [0.5, 0.6) is 0 Å². The van der Waals surface area contributed by atoms with Crippen molar-refractivity contribution in [3.05, 3.63) is 41.9 Å². The molecule has 1 unspecified atom stereocenters. The number of fused-ring (bicyclic) bond motifs is 1. The van der Waals surface area contributed by atoms with Crippen molar-refractivity contribution in [2.24, 2.45) is 0 Å². The van der Waals surface area contributed by atoms with E-state index in [1.165, 1.54) is 0 Å². The van der Waals surface area contributed by atoms with Crippen molar-refractivity contribution >= 4 is 16.9 Å². The third kappa shape index (κ3) is 5.16. The smallest absolute Gasteiger partial charge is 0.234 e. The molecule has 9 heteroatoms. The van der Waals surface area contributed by atoms with E-state index in [2.05, 4.69) is 49.7 Å². The second-order valence-electron chi connectivity index (χ2n) is 8.74. The van der Waals surface area contributed by atoms with Gasteiger partial charge in [-0.25, -0.2) is 4.68 Å². The van der Waals surface area contributed by atoms with Crippen LogP contribution >= 0.6 is 0 Å². The summed E-state index contributed by atoms with van der Waals surface area (Å²) >= 11 is 0. The van der Waals surface area contributed by atoms with E-state index in [0.717, 1.165) is 68.1 Å². The number of carbonyl (C=O) groups excluding carboxylic acids is 1. The number of nitrogens with zero attached hydrogens (tertiary/aromatic N) is 6. The highest BCUT2D eigenvalue weighted by Gasteiger charge is 2.33. The summed E-state index contributed by atoms with van der Waals surface area (Å²) in [6.07, 6.45) is 2.09. The van der Waals surface area contributed by atoms with Crippen LogP contribution in [0.3, 0.4) is 0 Å². The van der Waals surface area contributed by atoms with E-state index in [-0.39, 0.29) is 18.0 Å². The highest BCUT2D eigenvalue weighted by molar-refractivity contribution is 5.78. The predicted octanol–water partition coefficient (Wildman–Crippen LogP) is 2.45. The summed E-state index contributed by atoms with van der Waals surface area (Å²) in [5, 5.41) is 16.7. The molecule has 0 bridgehead atoms. The number of furan rings is 1. The van der Waals surface area contributed by atoms with Crippen molar-refractivity contribution in [2.45, 2.75) is 52.2 Å². The number of amides is 1. The van der Waals surface area contributed by atoms with Crippen LogP contribution in [0.4, 0.5) is 0 Å². The van der Waals surface area contributed by atoms with Gasteiger partial charge in [0.1, 0.15) is 17.4 Å². The topological polar surface area (TPSA) is 92.3 Å². The summed E-state index contributed by atoms with van der Waals surface area (Å²) in [5.74, 6) is 1.74. The molecule has 4 rings (SSSR count). The molecule has 1 atom stereocenters. The molecule has 0 saturated carbocycles. The van der Waals surface area contributed by atoms with Gasteiger partial charge >= 0.3 is 0 Å².